The van der Waals surface area contributed by atoms with Crippen LogP contribution in [0.5, 0.6) is 5.75 Å². The Hall–Kier alpha value is -3.15. The van der Waals surface area contributed by atoms with E-state index in [1.165, 1.54) is 6.08 Å². The number of hydrogen-bond acceptors (Lipinski definition) is 5. The molecule has 6 heteroatoms. The van der Waals surface area contributed by atoms with Crippen LogP contribution in [0, 0.1) is 6.92 Å². The first kappa shape index (κ1) is 17.7. The molecule has 3 rings (SSSR count). The molecule has 134 valence electrons. The molecule has 0 radical (unpaired) electrons. The molecule has 0 amide bonds. The van der Waals surface area contributed by atoms with Crippen LogP contribution >= 0.6 is 0 Å². The van der Waals surface area contributed by atoms with Gasteiger partial charge in [-0.1, -0.05) is 35.5 Å². The lowest BCUT2D eigenvalue weighted by atomic mass is 10.1. The fourth-order valence-corrected chi connectivity index (χ4v) is 2.75. The predicted octanol–water partition coefficient (Wildman–Crippen LogP) is 3.52. The first-order chi connectivity index (χ1) is 12.6. The molecule has 1 heterocycles. The molecule has 0 bridgehead atoms. The highest BCUT2D eigenvalue weighted by molar-refractivity contribution is 5.91. The standard InChI is InChI=1S/C20H21N3O3/c1-4-23-20-17(25-3)12-16(14(2)19(20)21-22-23)10-11-18(24)26-13-15-8-6-5-7-9-15/h5-12H,4,13H2,1-3H3/b11-10+. The molecule has 3 aromatic rings. The number of ether oxygens (including phenoxy) is 2. The second-order valence-electron chi connectivity index (χ2n) is 5.82. The number of nitrogens with zero attached hydrogens (tertiary/aromatic N) is 3. The SMILES string of the molecule is CCn1nnc2c(C)c(/C=C/C(=O)OCc3ccccc3)cc(OC)c21. The van der Waals surface area contributed by atoms with Crippen molar-refractivity contribution >= 4 is 23.1 Å². The molecular formula is C20H21N3O3. The van der Waals surface area contributed by atoms with Gasteiger partial charge in [0.05, 0.1) is 7.11 Å². The largest absolute Gasteiger partial charge is 0.494 e. The fourth-order valence-electron chi connectivity index (χ4n) is 2.75. The van der Waals surface area contributed by atoms with Crippen LogP contribution < -0.4 is 4.74 Å². The van der Waals surface area contributed by atoms with Crippen LogP contribution in [0.1, 0.15) is 23.6 Å². The van der Waals surface area contributed by atoms with Crippen molar-refractivity contribution in [3.05, 3.63) is 59.2 Å². The summed E-state index contributed by atoms with van der Waals surface area (Å²) in [6.45, 7) is 4.90. The van der Waals surface area contributed by atoms with Gasteiger partial charge in [-0.2, -0.15) is 0 Å². The Morgan fingerprint density at radius 3 is 2.73 bits per heavy atom. The molecule has 0 aliphatic rings. The highest BCUT2D eigenvalue weighted by Crippen LogP contribution is 2.30. The molecule has 0 spiro atoms. The number of benzene rings is 2. The van der Waals surface area contributed by atoms with E-state index in [2.05, 4.69) is 10.3 Å². The minimum atomic E-state index is -0.399. The lowest BCUT2D eigenvalue weighted by molar-refractivity contribution is -0.138. The second kappa shape index (κ2) is 7.82. The number of esters is 1. The van der Waals surface area contributed by atoms with Crippen LogP contribution in [-0.2, 0) is 22.7 Å². The average molecular weight is 351 g/mol. The number of rotatable bonds is 6. The Labute approximate surface area is 152 Å². The van der Waals surface area contributed by atoms with Crippen LogP contribution in [-0.4, -0.2) is 28.1 Å². The number of aromatic nitrogens is 3. The van der Waals surface area contributed by atoms with Crippen molar-refractivity contribution in [2.24, 2.45) is 0 Å². The maximum absolute atomic E-state index is 12.0. The molecule has 0 saturated carbocycles. The second-order valence-corrected chi connectivity index (χ2v) is 5.82. The monoisotopic (exact) mass is 351 g/mol. The number of aryl methyl sites for hydroxylation is 2. The third-order valence-electron chi connectivity index (χ3n) is 4.19. The molecule has 6 nitrogen and oxygen atoms in total. The Kier molecular flexibility index (Phi) is 5.31. The zero-order valence-electron chi connectivity index (χ0n) is 15.1. The van der Waals surface area contributed by atoms with Crippen molar-refractivity contribution in [1.82, 2.24) is 15.0 Å². The normalized spacial score (nSPS) is 11.2. The molecular weight excluding hydrogens is 330 g/mol. The van der Waals surface area contributed by atoms with E-state index in [0.29, 0.717) is 12.3 Å². The van der Waals surface area contributed by atoms with Crippen molar-refractivity contribution in [3.63, 3.8) is 0 Å². The predicted molar refractivity (Wildman–Crippen MR) is 99.8 cm³/mol. The summed E-state index contributed by atoms with van der Waals surface area (Å²) in [6, 6.07) is 11.5. The van der Waals surface area contributed by atoms with Gasteiger partial charge >= 0.3 is 5.97 Å². The van der Waals surface area contributed by atoms with Crippen LogP contribution in [0.25, 0.3) is 17.1 Å². The summed E-state index contributed by atoms with van der Waals surface area (Å²) in [5.41, 5.74) is 4.35. The lowest BCUT2D eigenvalue weighted by Crippen LogP contribution is -2.01. The molecule has 0 atom stereocenters. The maximum Gasteiger partial charge on any atom is 0.331 e. The number of carbonyl (C=O) groups excluding carboxylic acids is 1. The molecule has 0 saturated heterocycles. The van der Waals surface area contributed by atoms with Gasteiger partial charge in [0.2, 0.25) is 0 Å². The number of carbonyl (C=O) groups is 1. The smallest absolute Gasteiger partial charge is 0.331 e. The van der Waals surface area contributed by atoms with Gasteiger partial charge in [0.1, 0.15) is 23.4 Å². The van der Waals surface area contributed by atoms with Crippen LogP contribution in [0.4, 0.5) is 0 Å². The Balaban J connectivity index is 1.80. The molecule has 1 aromatic heterocycles. The Morgan fingerprint density at radius 2 is 2.04 bits per heavy atom. The maximum atomic E-state index is 12.0. The topological polar surface area (TPSA) is 66.2 Å². The summed E-state index contributed by atoms with van der Waals surface area (Å²) in [4.78, 5) is 12.0. The van der Waals surface area contributed by atoms with Gasteiger partial charge in [-0.05, 0) is 42.7 Å². The lowest BCUT2D eigenvalue weighted by Gasteiger charge is -2.08. The van der Waals surface area contributed by atoms with E-state index in [9.17, 15) is 4.79 Å². The third kappa shape index (κ3) is 3.59. The van der Waals surface area contributed by atoms with Crippen molar-refractivity contribution in [1.29, 1.82) is 0 Å². The van der Waals surface area contributed by atoms with E-state index in [1.54, 1.807) is 17.9 Å². The Bertz CT molecular complexity index is 946. The van der Waals surface area contributed by atoms with E-state index in [1.807, 2.05) is 50.2 Å². The summed E-state index contributed by atoms with van der Waals surface area (Å²) >= 11 is 0. The van der Waals surface area contributed by atoms with Crippen molar-refractivity contribution in [3.8, 4) is 5.75 Å². The Morgan fingerprint density at radius 1 is 1.27 bits per heavy atom. The molecule has 0 unspecified atom stereocenters. The van der Waals surface area contributed by atoms with E-state index >= 15 is 0 Å². The van der Waals surface area contributed by atoms with Gasteiger partial charge in [0.15, 0.2) is 0 Å². The molecule has 26 heavy (non-hydrogen) atoms. The summed E-state index contributed by atoms with van der Waals surface area (Å²) in [5, 5.41) is 8.40. The van der Waals surface area contributed by atoms with E-state index in [0.717, 1.165) is 27.7 Å². The zero-order valence-corrected chi connectivity index (χ0v) is 15.1. The third-order valence-corrected chi connectivity index (χ3v) is 4.19. The summed E-state index contributed by atoms with van der Waals surface area (Å²) in [7, 11) is 1.61. The summed E-state index contributed by atoms with van der Waals surface area (Å²) in [6.07, 6.45) is 3.14. The number of hydrogen-bond donors (Lipinski definition) is 0. The first-order valence-corrected chi connectivity index (χ1v) is 8.43. The first-order valence-electron chi connectivity index (χ1n) is 8.43. The van der Waals surface area contributed by atoms with E-state index in [-0.39, 0.29) is 6.61 Å². The highest BCUT2D eigenvalue weighted by atomic mass is 16.5. The fraction of sp³-hybridized carbons (Fsp3) is 0.250. The number of methoxy groups -OCH3 is 1. The number of fused-ring (bicyclic) bond motifs is 1. The van der Waals surface area contributed by atoms with Crippen molar-refractivity contribution < 1.29 is 14.3 Å². The molecule has 2 aromatic carbocycles. The van der Waals surface area contributed by atoms with Crippen LogP contribution in [0.2, 0.25) is 0 Å². The molecule has 0 aliphatic carbocycles. The van der Waals surface area contributed by atoms with Gasteiger partial charge in [-0.15, -0.1) is 5.10 Å². The summed E-state index contributed by atoms with van der Waals surface area (Å²) in [5.74, 6) is 0.277. The van der Waals surface area contributed by atoms with E-state index in [4.69, 9.17) is 9.47 Å². The van der Waals surface area contributed by atoms with Gasteiger partial charge in [-0.25, -0.2) is 9.48 Å². The van der Waals surface area contributed by atoms with Crippen LogP contribution in [0.15, 0.2) is 42.5 Å². The van der Waals surface area contributed by atoms with Crippen molar-refractivity contribution in [2.75, 3.05) is 7.11 Å². The quantitative estimate of drug-likeness (QED) is 0.502. The zero-order chi connectivity index (χ0) is 18.5. The minimum absolute atomic E-state index is 0.246. The average Bonchev–Trinajstić information content (AvgIpc) is 3.11. The van der Waals surface area contributed by atoms with Gasteiger partial charge in [0, 0.05) is 12.6 Å². The molecule has 0 N–H and O–H groups in total. The van der Waals surface area contributed by atoms with E-state index < -0.39 is 5.97 Å². The van der Waals surface area contributed by atoms with Gasteiger partial charge in [-0.3, -0.25) is 0 Å². The van der Waals surface area contributed by atoms with Crippen LogP contribution in [0.3, 0.4) is 0 Å². The molecule has 0 fully saturated rings. The highest BCUT2D eigenvalue weighted by Gasteiger charge is 2.15. The minimum Gasteiger partial charge on any atom is -0.494 e. The van der Waals surface area contributed by atoms with Gasteiger partial charge in [0.25, 0.3) is 0 Å². The van der Waals surface area contributed by atoms with Gasteiger partial charge < -0.3 is 9.47 Å². The summed E-state index contributed by atoms with van der Waals surface area (Å²) < 4.78 is 12.5. The molecule has 0 aliphatic heterocycles. The van der Waals surface area contributed by atoms with Crippen molar-refractivity contribution in [2.45, 2.75) is 27.0 Å².